The van der Waals surface area contributed by atoms with Crippen molar-refractivity contribution in [2.75, 3.05) is 13.1 Å². The molecule has 2 aliphatic rings. The molecule has 1 saturated heterocycles. The van der Waals surface area contributed by atoms with Crippen molar-refractivity contribution in [1.29, 1.82) is 0 Å². The number of rotatable bonds is 5. The first-order valence-electron chi connectivity index (χ1n) is 8.71. The van der Waals surface area contributed by atoms with E-state index >= 15 is 0 Å². The second-order valence-corrected chi connectivity index (χ2v) is 7.72. The van der Waals surface area contributed by atoms with Crippen molar-refractivity contribution in [3.05, 3.63) is 27.8 Å². The lowest BCUT2D eigenvalue weighted by Gasteiger charge is -2.31. The second-order valence-electron chi connectivity index (χ2n) is 6.83. The summed E-state index contributed by atoms with van der Waals surface area (Å²) in [5.74, 6) is 2.46. The second kappa shape index (κ2) is 6.63. The Hall–Kier alpha value is -1.76. The molecular weight excluding hydrogens is 324 g/mol. The molecule has 0 aromatic carbocycles. The van der Waals surface area contributed by atoms with Gasteiger partial charge in [-0.25, -0.2) is 4.98 Å². The molecule has 1 amide bonds. The number of nitrogens with zero attached hydrogens (tertiary/aromatic N) is 4. The Morgan fingerprint density at radius 3 is 2.96 bits per heavy atom. The van der Waals surface area contributed by atoms with Gasteiger partial charge in [-0.1, -0.05) is 5.16 Å². The third-order valence-corrected chi connectivity index (χ3v) is 5.86. The van der Waals surface area contributed by atoms with Crippen molar-refractivity contribution in [1.82, 2.24) is 20.0 Å². The predicted octanol–water partition coefficient (Wildman–Crippen LogP) is 3.05. The average Bonchev–Trinajstić information content (AvgIpc) is 3.18. The quantitative estimate of drug-likeness (QED) is 0.832. The van der Waals surface area contributed by atoms with Gasteiger partial charge in [0.25, 0.3) is 0 Å². The lowest BCUT2D eigenvalue weighted by atomic mass is 9.98. The fourth-order valence-corrected chi connectivity index (χ4v) is 4.14. The number of aromatic nitrogens is 3. The van der Waals surface area contributed by atoms with Gasteiger partial charge in [-0.2, -0.15) is 4.98 Å². The summed E-state index contributed by atoms with van der Waals surface area (Å²) in [6.45, 7) is 3.64. The Labute approximate surface area is 145 Å². The van der Waals surface area contributed by atoms with E-state index in [1.807, 2.05) is 11.8 Å². The van der Waals surface area contributed by atoms with Gasteiger partial charge >= 0.3 is 0 Å². The minimum Gasteiger partial charge on any atom is -0.342 e. The summed E-state index contributed by atoms with van der Waals surface area (Å²) >= 11 is 1.71. The van der Waals surface area contributed by atoms with E-state index in [1.54, 1.807) is 11.3 Å². The standard InChI is InChI=1S/C17H22N4O2S/c1-11-10-24-17(18-11)13-3-2-8-21(9-13)15(22)7-6-14-19-16(20-23-14)12-4-5-12/h10,12-13H,2-9H2,1H3/t13-/m0/s1. The summed E-state index contributed by atoms with van der Waals surface area (Å²) in [4.78, 5) is 23.5. The largest absolute Gasteiger partial charge is 0.342 e. The van der Waals surface area contributed by atoms with E-state index in [2.05, 4.69) is 20.5 Å². The van der Waals surface area contributed by atoms with Gasteiger partial charge in [0.15, 0.2) is 5.82 Å². The van der Waals surface area contributed by atoms with E-state index < -0.39 is 0 Å². The number of hydrogen-bond acceptors (Lipinski definition) is 6. The van der Waals surface area contributed by atoms with Gasteiger partial charge in [0, 0.05) is 48.8 Å². The van der Waals surface area contributed by atoms with Crippen LogP contribution in [0.5, 0.6) is 0 Å². The molecule has 7 heteroatoms. The van der Waals surface area contributed by atoms with Crippen LogP contribution in [0.2, 0.25) is 0 Å². The van der Waals surface area contributed by atoms with Gasteiger partial charge in [0.2, 0.25) is 11.8 Å². The van der Waals surface area contributed by atoms with E-state index in [1.165, 1.54) is 0 Å². The maximum absolute atomic E-state index is 12.5. The summed E-state index contributed by atoms with van der Waals surface area (Å²) < 4.78 is 5.26. The van der Waals surface area contributed by atoms with Crippen LogP contribution in [0.15, 0.2) is 9.90 Å². The van der Waals surface area contributed by atoms with Gasteiger partial charge < -0.3 is 9.42 Å². The maximum Gasteiger partial charge on any atom is 0.227 e. The van der Waals surface area contributed by atoms with Crippen LogP contribution in [0.4, 0.5) is 0 Å². The zero-order chi connectivity index (χ0) is 16.5. The number of piperidine rings is 1. The number of aryl methyl sites for hydroxylation is 2. The number of likely N-dealkylation sites (tertiary alicyclic amines) is 1. The first-order chi connectivity index (χ1) is 11.7. The summed E-state index contributed by atoms with van der Waals surface area (Å²) in [6, 6.07) is 0. The van der Waals surface area contributed by atoms with Gasteiger partial charge in [-0.05, 0) is 32.6 Å². The van der Waals surface area contributed by atoms with E-state index in [4.69, 9.17) is 4.52 Å². The maximum atomic E-state index is 12.5. The molecule has 2 fully saturated rings. The number of carbonyl (C=O) groups excluding carboxylic acids is 1. The number of amides is 1. The Morgan fingerprint density at radius 2 is 2.21 bits per heavy atom. The van der Waals surface area contributed by atoms with E-state index in [-0.39, 0.29) is 5.91 Å². The highest BCUT2D eigenvalue weighted by Crippen LogP contribution is 2.38. The molecule has 1 saturated carbocycles. The van der Waals surface area contributed by atoms with Crippen molar-refractivity contribution in [3.8, 4) is 0 Å². The van der Waals surface area contributed by atoms with E-state index in [0.29, 0.717) is 30.6 Å². The minimum absolute atomic E-state index is 0.180. The molecule has 2 aromatic heterocycles. The van der Waals surface area contributed by atoms with Crippen LogP contribution in [-0.2, 0) is 11.2 Å². The molecule has 1 aliphatic carbocycles. The van der Waals surface area contributed by atoms with Gasteiger partial charge in [-0.15, -0.1) is 11.3 Å². The summed E-state index contributed by atoms with van der Waals surface area (Å²) in [6.07, 6.45) is 5.45. The molecule has 0 unspecified atom stereocenters. The smallest absolute Gasteiger partial charge is 0.227 e. The van der Waals surface area contributed by atoms with Gasteiger partial charge in [0.1, 0.15) is 0 Å². The van der Waals surface area contributed by atoms with Crippen molar-refractivity contribution in [2.24, 2.45) is 0 Å². The third kappa shape index (κ3) is 3.50. The normalized spacial score (nSPS) is 21.2. The van der Waals surface area contributed by atoms with Gasteiger partial charge in [0.05, 0.1) is 5.01 Å². The zero-order valence-corrected chi connectivity index (χ0v) is 14.7. The monoisotopic (exact) mass is 346 g/mol. The summed E-state index contributed by atoms with van der Waals surface area (Å²) in [5.41, 5.74) is 1.07. The molecule has 4 rings (SSSR count). The molecule has 24 heavy (non-hydrogen) atoms. The molecule has 0 N–H and O–H groups in total. The first kappa shape index (κ1) is 15.7. The molecular formula is C17H22N4O2S. The predicted molar refractivity (Wildman–Crippen MR) is 90.0 cm³/mol. The van der Waals surface area contributed by atoms with Gasteiger partial charge in [-0.3, -0.25) is 4.79 Å². The van der Waals surface area contributed by atoms with Crippen molar-refractivity contribution < 1.29 is 9.32 Å². The molecule has 6 nitrogen and oxygen atoms in total. The molecule has 0 radical (unpaired) electrons. The van der Waals surface area contributed by atoms with Crippen molar-refractivity contribution >= 4 is 17.2 Å². The lowest BCUT2D eigenvalue weighted by molar-refractivity contribution is -0.132. The van der Waals surface area contributed by atoms with Crippen molar-refractivity contribution in [2.45, 2.75) is 57.3 Å². The van der Waals surface area contributed by atoms with Crippen LogP contribution in [-0.4, -0.2) is 39.0 Å². The molecule has 0 bridgehead atoms. The molecule has 2 aromatic rings. The lowest BCUT2D eigenvalue weighted by Crippen LogP contribution is -2.39. The topological polar surface area (TPSA) is 72.1 Å². The SMILES string of the molecule is Cc1csc([C@H]2CCCN(C(=O)CCc3nc(C4CC4)no3)C2)n1. The first-order valence-corrected chi connectivity index (χ1v) is 9.59. The Morgan fingerprint density at radius 1 is 1.33 bits per heavy atom. The zero-order valence-electron chi connectivity index (χ0n) is 13.9. The van der Waals surface area contributed by atoms with E-state index in [0.717, 1.165) is 55.3 Å². The Bertz CT molecular complexity index is 722. The fourth-order valence-electron chi connectivity index (χ4n) is 3.21. The summed E-state index contributed by atoms with van der Waals surface area (Å²) in [7, 11) is 0. The number of hydrogen-bond donors (Lipinski definition) is 0. The molecule has 1 atom stereocenters. The average molecular weight is 346 g/mol. The molecule has 1 aliphatic heterocycles. The van der Waals surface area contributed by atoms with Crippen molar-refractivity contribution in [3.63, 3.8) is 0 Å². The fraction of sp³-hybridized carbons (Fsp3) is 0.647. The van der Waals surface area contributed by atoms with Crippen LogP contribution in [0.1, 0.15) is 66.4 Å². The number of thiazole rings is 1. The van der Waals surface area contributed by atoms with Crippen LogP contribution < -0.4 is 0 Å². The van der Waals surface area contributed by atoms with Crippen LogP contribution in [0.25, 0.3) is 0 Å². The highest BCUT2D eigenvalue weighted by molar-refractivity contribution is 7.09. The molecule has 128 valence electrons. The molecule has 3 heterocycles. The third-order valence-electron chi connectivity index (χ3n) is 4.74. The van der Waals surface area contributed by atoms with Crippen LogP contribution in [0, 0.1) is 6.92 Å². The highest BCUT2D eigenvalue weighted by Gasteiger charge is 2.29. The molecule has 0 spiro atoms. The summed E-state index contributed by atoms with van der Waals surface area (Å²) in [5, 5.41) is 7.25. The van der Waals surface area contributed by atoms with E-state index in [9.17, 15) is 4.79 Å². The minimum atomic E-state index is 0.180. The highest BCUT2D eigenvalue weighted by atomic mass is 32.1. The van der Waals surface area contributed by atoms with Crippen LogP contribution >= 0.6 is 11.3 Å². The Kier molecular flexibility index (Phi) is 4.35. The van der Waals surface area contributed by atoms with Crippen LogP contribution in [0.3, 0.4) is 0 Å². The Balaban J connectivity index is 1.31. The number of carbonyl (C=O) groups is 1.